The number of thiophene rings is 1. The molecule has 5 nitrogen and oxygen atoms in total. The van der Waals surface area contributed by atoms with Crippen LogP contribution < -0.4 is 14.3 Å². The Kier molecular flexibility index (Phi) is 14.7. The molecule has 1 aromatic heterocycles. The molecule has 2 radical (unpaired) electrons. The van der Waals surface area contributed by atoms with Crippen LogP contribution in [0.4, 0.5) is 0 Å². The van der Waals surface area contributed by atoms with Gasteiger partial charge in [-0.15, -0.1) is 11.8 Å². The second-order valence-corrected chi connectivity index (χ2v) is 10.4. The summed E-state index contributed by atoms with van der Waals surface area (Å²) in [4.78, 5) is 0. The number of unbranched alkanes of at least 4 members (excludes halogenated alkanes) is 1. The molecule has 3 rings (SSSR count). The number of thioether (sulfide) groups is 1. The van der Waals surface area contributed by atoms with E-state index in [4.69, 9.17) is 26.8 Å². The fourth-order valence-corrected chi connectivity index (χ4v) is 5.51. The maximum atomic E-state index is 10.5. The first kappa shape index (κ1) is 32.1. The molecular formula is C30H41BO5S2. The highest BCUT2D eigenvalue weighted by molar-refractivity contribution is 8.03. The van der Waals surface area contributed by atoms with E-state index in [2.05, 4.69) is 0 Å². The number of ether oxygens (including phenoxy) is 4. The molecule has 0 saturated carbocycles. The number of para-hydroxylation sites is 1. The molecule has 206 valence electrons. The van der Waals surface area contributed by atoms with E-state index in [1.807, 2.05) is 88.7 Å². The molecule has 1 N–H and O–H groups in total. The van der Waals surface area contributed by atoms with Gasteiger partial charge >= 0.3 is 0 Å². The Hall–Kier alpha value is -2.13. The van der Waals surface area contributed by atoms with Gasteiger partial charge in [-0.25, -0.2) is 0 Å². The molecule has 2 aromatic rings. The van der Waals surface area contributed by atoms with Crippen molar-refractivity contribution in [3.8, 4) is 22.6 Å². The van der Waals surface area contributed by atoms with Crippen LogP contribution in [0.3, 0.4) is 0 Å². The molecule has 2 heterocycles. The van der Waals surface area contributed by atoms with Crippen LogP contribution in [0.1, 0.15) is 54.4 Å². The molecule has 0 spiro atoms. The number of aliphatic hydroxyl groups is 1. The van der Waals surface area contributed by atoms with Gasteiger partial charge < -0.3 is 24.1 Å². The number of hydrogen-bond donors (Lipinski definition) is 1. The lowest BCUT2D eigenvalue weighted by atomic mass is 9.98. The minimum Gasteiger partial charge on any atom is -0.493 e. The molecule has 8 heteroatoms. The third-order valence-corrected chi connectivity index (χ3v) is 7.66. The van der Waals surface area contributed by atoms with Crippen LogP contribution in [0, 0.1) is 0 Å². The summed E-state index contributed by atoms with van der Waals surface area (Å²) in [5.41, 5.74) is 3.74. The number of benzene rings is 1. The van der Waals surface area contributed by atoms with Crippen molar-refractivity contribution in [2.24, 2.45) is 0 Å². The monoisotopic (exact) mass is 556 g/mol. The first-order valence-electron chi connectivity index (χ1n) is 13.3. The molecule has 0 amide bonds. The summed E-state index contributed by atoms with van der Waals surface area (Å²) in [7, 11) is 6.14. The summed E-state index contributed by atoms with van der Waals surface area (Å²) < 4.78 is 24.0. The molecule has 0 fully saturated rings. The first-order chi connectivity index (χ1) is 18.5. The molecular weight excluding hydrogens is 515 g/mol. The lowest BCUT2D eigenvalue weighted by Crippen LogP contribution is -2.19. The van der Waals surface area contributed by atoms with Gasteiger partial charge in [-0.3, -0.25) is 0 Å². The van der Waals surface area contributed by atoms with Crippen molar-refractivity contribution in [1.82, 2.24) is 0 Å². The Balaban J connectivity index is 0.00000247. The summed E-state index contributed by atoms with van der Waals surface area (Å²) in [6.45, 7) is 13.8. The van der Waals surface area contributed by atoms with E-state index in [0.29, 0.717) is 30.3 Å². The topological polar surface area (TPSA) is 57.2 Å². The molecule has 38 heavy (non-hydrogen) atoms. The minimum atomic E-state index is -0.475. The number of aliphatic hydroxyl groups excluding tert-OH is 1. The second kappa shape index (κ2) is 17.5. The lowest BCUT2D eigenvalue weighted by molar-refractivity contribution is 0.0236. The number of rotatable bonds is 14. The van der Waals surface area contributed by atoms with Gasteiger partial charge in [0.15, 0.2) is 6.79 Å². The second-order valence-electron chi connectivity index (χ2n) is 8.21. The largest absolute Gasteiger partial charge is 0.493 e. The highest BCUT2D eigenvalue weighted by Gasteiger charge is 2.28. The van der Waals surface area contributed by atoms with Crippen molar-refractivity contribution in [2.75, 3.05) is 26.6 Å². The fraction of sp³-hybridized carbons (Fsp3) is 0.467. The standard InChI is InChI=1S/C28H35BO5S2.C2H6/c1-5-20(22-16-35-19(4)26(22)30)24(6-2)32-14-10-11-15-33-25-13-9-8-12-21(25)23-17-36-28(29)27(23)34-18-31-7-3;1-2/h5-6,8-9,12-13,16-17,19,26,30H,7,10-11,14-15,18H2,1-4H3;1-2H3/b20-5-,24-6+;. The van der Waals surface area contributed by atoms with Crippen molar-refractivity contribution in [2.45, 2.75) is 65.7 Å². The summed E-state index contributed by atoms with van der Waals surface area (Å²) in [6, 6.07) is 7.90. The Labute approximate surface area is 238 Å². The van der Waals surface area contributed by atoms with Crippen LogP contribution in [0.5, 0.6) is 11.5 Å². The molecule has 1 aliphatic rings. The Morgan fingerprint density at radius 1 is 1.05 bits per heavy atom. The smallest absolute Gasteiger partial charge is 0.189 e. The number of hydrogen-bond acceptors (Lipinski definition) is 7. The van der Waals surface area contributed by atoms with Gasteiger partial charge in [-0.2, -0.15) is 11.3 Å². The highest BCUT2D eigenvalue weighted by Crippen LogP contribution is 2.38. The average Bonchev–Trinajstić information content (AvgIpc) is 3.48. The Morgan fingerprint density at radius 2 is 1.79 bits per heavy atom. The highest BCUT2D eigenvalue weighted by atomic mass is 32.2. The van der Waals surface area contributed by atoms with Gasteiger partial charge in [-0.1, -0.05) is 45.0 Å². The van der Waals surface area contributed by atoms with Crippen molar-refractivity contribution >= 4 is 35.7 Å². The SMILES string of the molecule is CC.[B]c1scc(-c2ccccc2OCCCCOC(=C/C)/C(=C\C)C2=CSC(C)C2O)c1OCOCC. The van der Waals surface area contributed by atoms with Gasteiger partial charge in [0.2, 0.25) is 0 Å². The molecule has 0 aliphatic carbocycles. The predicted molar refractivity (Wildman–Crippen MR) is 163 cm³/mol. The molecule has 0 saturated heterocycles. The molecule has 1 aliphatic heterocycles. The predicted octanol–water partition coefficient (Wildman–Crippen LogP) is 7.01. The van der Waals surface area contributed by atoms with Crippen LogP contribution in [0.2, 0.25) is 0 Å². The maximum Gasteiger partial charge on any atom is 0.189 e. The van der Waals surface area contributed by atoms with Gasteiger partial charge in [-0.05, 0) is 61.5 Å². The van der Waals surface area contributed by atoms with Crippen LogP contribution >= 0.6 is 23.1 Å². The van der Waals surface area contributed by atoms with E-state index in [9.17, 15) is 5.11 Å². The molecule has 1 aromatic carbocycles. The van der Waals surface area contributed by atoms with E-state index in [1.54, 1.807) is 11.8 Å². The summed E-state index contributed by atoms with van der Waals surface area (Å²) in [5, 5.41) is 14.7. The van der Waals surface area contributed by atoms with E-state index in [-0.39, 0.29) is 12.0 Å². The first-order valence-corrected chi connectivity index (χ1v) is 15.1. The van der Waals surface area contributed by atoms with Gasteiger partial charge in [0.25, 0.3) is 0 Å². The number of allylic oxidation sites excluding steroid dienone is 3. The maximum absolute atomic E-state index is 10.5. The van der Waals surface area contributed by atoms with E-state index in [0.717, 1.165) is 46.6 Å². The van der Waals surface area contributed by atoms with E-state index < -0.39 is 6.10 Å². The molecule has 2 unspecified atom stereocenters. The summed E-state index contributed by atoms with van der Waals surface area (Å²) >= 11 is 3.09. The molecule has 0 bridgehead atoms. The third kappa shape index (κ3) is 8.70. The van der Waals surface area contributed by atoms with Crippen LogP contribution in [0.15, 0.2) is 64.1 Å². The Bertz CT molecular complexity index is 1080. The zero-order valence-electron chi connectivity index (χ0n) is 23.5. The van der Waals surface area contributed by atoms with Crippen molar-refractivity contribution in [3.63, 3.8) is 0 Å². The molecule has 2 atom stereocenters. The van der Waals surface area contributed by atoms with Crippen molar-refractivity contribution in [3.05, 3.63) is 64.1 Å². The zero-order valence-corrected chi connectivity index (χ0v) is 25.1. The van der Waals surface area contributed by atoms with Gasteiger partial charge in [0.1, 0.15) is 25.1 Å². The summed E-state index contributed by atoms with van der Waals surface area (Å²) in [6.07, 6.45) is 5.18. The third-order valence-electron chi connectivity index (χ3n) is 5.79. The minimum absolute atomic E-state index is 0.157. The van der Waals surface area contributed by atoms with Crippen molar-refractivity contribution in [1.29, 1.82) is 0 Å². The normalized spacial score (nSPS) is 17.5. The zero-order chi connectivity index (χ0) is 27.9. The van der Waals surface area contributed by atoms with Gasteiger partial charge in [0.05, 0.1) is 19.3 Å². The quantitative estimate of drug-likeness (QED) is 0.0888. The van der Waals surface area contributed by atoms with E-state index in [1.165, 1.54) is 11.3 Å². The van der Waals surface area contributed by atoms with Gasteiger partial charge in [0, 0.05) is 33.9 Å². The fourth-order valence-electron chi connectivity index (χ4n) is 3.83. The average molecular weight is 557 g/mol. The van der Waals surface area contributed by atoms with Crippen LogP contribution in [-0.2, 0) is 9.47 Å². The van der Waals surface area contributed by atoms with Crippen LogP contribution in [-0.4, -0.2) is 50.9 Å². The Morgan fingerprint density at radius 3 is 2.45 bits per heavy atom. The lowest BCUT2D eigenvalue weighted by Gasteiger charge is -2.18. The summed E-state index contributed by atoms with van der Waals surface area (Å²) in [5.74, 6) is 2.22. The van der Waals surface area contributed by atoms with Crippen molar-refractivity contribution < 1.29 is 24.1 Å². The van der Waals surface area contributed by atoms with Crippen LogP contribution in [0.25, 0.3) is 11.1 Å². The van der Waals surface area contributed by atoms with E-state index >= 15 is 0 Å².